The Labute approximate surface area is 174 Å². The number of para-hydroxylation sites is 1. The third-order valence-electron chi connectivity index (χ3n) is 6.34. The van der Waals surface area contributed by atoms with Gasteiger partial charge in [0.25, 0.3) is 5.56 Å². The summed E-state index contributed by atoms with van der Waals surface area (Å²) in [5.41, 5.74) is 2.94. The number of aromatic nitrogens is 2. The van der Waals surface area contributed by atoms with Crippen LogP contribution < -0.4 is 5.56 Å². The highest BCUT2D eigenvalue weighted by atomic mass is 16.6. The number of aliphatic hydroxyl groups is 1. The van der Waals surface area contributed by atoms with Crippen molar-refractivity contribution >= 4 is 16.9 Å². The molecule has 0 fully saturated rings. The van der Waals surface area contributed by atoms with Gasteiger partial charge < -0.3 is 14.4 Å². The fraction of sp³-hybridized carbons (Fsp3) is 0.375. The number of rotatable bonds is 1. The number of hydrogen-bond donors (Lipinski definition) is 1. The molecule has 0 saturated heterocycles. The van der Waals surface area contributed by atoms with Crippen molar-refractivity contribution in [3.8, 4) is 11.4 Å². The number of esters is 1. The smallest absolute Gasteiger partial charge is 0.343 e. The van der Waals surface area contributed by atoms with Crippen LogP contribution in [-0.4, -0.2) is 20.6 Å². The van der Waals surface area contributed by atoms with Gasteiger partial charge in [-0.05, 0) is 29.5 Å². The Morgan fingerprint density at radius 1 is 1.20 bits per heavy atom. The van der Waals surface area contributed by atoms with Crippen LogP contribution in [0.4, 0.5) is 0 Å². The molecule has 2 aliphatic rings. The van der Waals surface area contributed by atoms with Crippen molar-refractivity contribution < 1.29 is 14.6 Å². The van der Waals surface area contributed by atoms with Crippen molar-refractivity contribution in [3.05, 3.63) is 62.9 Å². The number of cyclic esters (lactones) is 1. The number of fused-ring (bicyclic) bond motifs is 5. The molecule has 0 bridgehead atoms. The van der Waals surface area contributed by atoms with Gasteiger partial charge in [0.05, 0.1) is 29.0 Å². The summed E-state index contributed by atoms with van der Waals surface area (Å²) in [5, 5.41) is 12.1. The van der Waals surface area contributed by atoms with Gasteiger partial charge in [-0.1, -0.05) is 45.9 Å². The van der Waals surface area contributed by atoms with E-state index in [9.17, 15) is 14.7 Å². The van der Waals surface area contributed by atoms with E-state index in [2.05, 4.69) is 26.8 Å². The van der Waals surface area contributed by atoms with Crippen molar-refractivity contribution in [1.29, 1.82) is 0 Å². The molecule has 1 atom stereocenters. The van der Waals surface area contributed by atoms with Gasteiger partial charge in [0, 0.05) is 16.5 Å². The first-order valence-corrected chi connectivity index (χ1v) is 10.3. The van der Waals surface area contributed by atoms with E-state index < -0.39 is 11.6 Å². The number of pyridine rings is 2. The summed E-state index contributed by atoms with van der Waals surface area (Å²) >= 11 is 0. The number of carbonyl (C=O) groups excluding carboxylic acids is 1. The van der Waals surface area contributed by atoms with Gasteiger partial charge in [0.1, 0.15) is 6.61 Å². The summed E-state index contributed by atoms with van der Waals surface area (Å²) in [4.78, 5) is 30.6. The van der Waals surface area contributed by atoms with E-state index >= 15 is 0 Å². The molecule has 154 valence electrons. The Kier molecular flexibility index (Phi) is 3.81. The molecule has 3 aromatic rings. The zero-order valence-electron chi connectivity index (χ0n) is 17.6. The number of hydrogen-bond acceptors (Lipinski definition) is 5. The van der Waals surface area contributed by atoms with Crippen LogP contribution in [0.3, 0.4) is 0 Å². The molecule has 0 radical (unpaired) electrons. The van der Waals surface area contributed by atoms with Crippen LogP contribution in [0, 0.1) is 0 Å². The fourth-order valence-corrected chi connectivity index (χ4v) is 4.88. The lowest BCUT2D eigenvalue weighted by molar-refractivity contribution is -0.172. The van der Waals surface area contributed by atoms with Crippen molar-refractivity contribution in [1.82, 2.24) is 9.55 Å². The van der Waals surface area contributed by atoms with Crippen LogP contribution in [0.5, 0.6) is 0 Å². The largest absolute Gasteiger partial charge is 0.458 e. The standard InChI is InChI=1S/C24H24N2O4/c1-5-24(29)16-10-18-20-14(11-26(18)21(27)15(16)12-30-22(24)28)19(23(2,3)4)13-8-6-7-9-17(13)25-20/h6-10,29H,5,11-12H2,1-4H3/t24-/m0/s1. The second-order valence-corrected chi connectivity index (χ2v) is 9.18. The van der Waals surface area contributed by atoms with Crippen LogP contribution in [-0.2, 0) is 33.7 Å². The topological polar surface area (TPSA) is 81.4 Å². The highest BCUT2D eigenvalue weighted by molar-refractivity contribution is 5.89. The molecule has 2 aliphatic heterocycles. The molecule has 0 unspecified atom stereocenters. The normalized spacial score (nSPS) is 20.0. The maximum atomic E-state index is 13.4. The average molecular weight is 404 g/mol. The van der Waals surface area contributed by atoms with Crippen LogP contribution >= 0.6 is 0 Å². The molecule has 0 saturated carbocycles. The van der Waals surface area contributed by atoms with E-state index in [0.29, 0.717) is 23.4 Å². The van der Waals surface area contributed by atoms with Crippen molar-refractivity contribution in [2.75, 3.05) is 0 Å². The molecule has 1 aromatic carbocycles. The lowest BCUT2D eigenvalue weighted by atomic mass is 9.81. The maximum absolute atomic E-state index is 13.4. The Morgan fingerprint density at radius 2 is 1.93 bits per heavy atom. The van der Waals surface area contributed by atoms with Crippen molar-refractivity contribution in [2.45, 2.75) is 58.3 Å². The quantitative estimate of drug-likeness (QED) is 0.492. The van der Waals surface area contributed by atoms with Gasteiger partial charge in [-0.25, -0.2) is 9.78 Å². The third-order valence-corrected chi connectivity index (χ3v) is 6.34. The van der Waals surface area contributed by atoms with Gasteiger partial charge >= 0.3 is 5.97 Å². The van der Waals surface area contributed by atoms with E-state index in [1.54, 1.807) is 17.6 Å². The molecule has 6 heteroatoms. The summed E-state index contributed by atoms with van der Waals surface area (Å²) < 4.78 is 6.85. The van der Waals surface area contributed by atoms with E-state index in [0.717, 1.165) is 22.2 Å². The minimum atomic E-state index is -1.81. The van der Waals surface area contributed by atoms with E-state index in [4.69, 9.17) is 9.72 Å². The van der Waals surface area contributed by atoms with E-state index in [-0.39, 0.29) is 24.0 Å². The predicted octanol–water partition coefficient (Wildman–Crippen LogP) is 3.38. The summed E-state index contributed by atoms with van der Waals surface area (Å²) in [6.45, 7) is 8.49. The first-order chi connectivity index (χ1) is 14.2. The number of nitrogens with zero attached hydrogens (tertiary/aromatic N) is 2. The Morgan fingerprint density at radius 3 is 2.63 bits per heavy atom. The minimum absolute atomic E-state index is 0.118. The third kappa shape index (κ3) is 2.37. The summed E-state index contributed by atoms with van der Waals surface area (Å²) in [6.07, 6.45) is 0.132. The lowest BCUT2D eigenvalue weighted by Crippen LogP contribution is -2.44. The number of benzene rings is 1. The fourth-order valence-electron chi connectivity index (χ4n) is 4.88. The Balaban J connectivity index is 1.87. The second kappa shape index (κ2) is 6.01. The summed E-state index contributed by atoms with van der Waals surface area (Å²) in [7, 11) is 0. The second-order valence-electron chi connectivity index (χ2n) is 9.18. The first kappa shape index (κ1) is 19.0. The van der Waals surface area contributed by atoms with Crippen LogP contribution in [0.2, 0.25) is 0 Å². The molecule has 0 spiro atoms. The Hall–Kier alpha value is -2.99. The summed E-state index contributed by atoms with van der Waals surface area (Å²) in [6, 6.07) is 9.77. The molecule has 5 rings (SSSR count). The zero-order chi connectivity index (χ0) is 21.4. The maximum Gasteiger partial charge on any atom is 0.343 e. The predicted molar refractivity (Wildman–Crippen MR) is 113 cm³/mol. The molecular weight excluding hydrogens is 380 g/mol. The SMILES string of the molecule is CC[C@@]1(O)C(=O)OCc2c1cc1n(c2=O)Cc2c-1nc1ccccc1c2C(C)(C)C. The molecule has 2 aromatic heterocycles. The van der Waals surface area contributed by atoms with E-state index in [1.165, 1.54) is 5.56 Å². The van der Waals surface area contributed by atoms with Crippen LogP contribution in [0.15, 0.2) is 35.1 Å². The number of carbonyl (C=O) groups is 1. The molecule has 30 heavy (non-hydrogen) atoms. The van der Waals surface area contributed by atoms with E-state index in [1.807, 2.05) is 18.2 Å². The van der Waals surface area contributed by atoms with Gasteiger partial charge in [0.2, 0.25) is 0 Å². The monoisotopic (exact) mass is 404 g/mol. The molecule has 6 nitrogen and oxygen atoms in total. The van der Waals surface area contributed by atoms with Crippen molar-refractivity contribution in [2.24, 2.45) is 0 Å². The molecular formula is C24H24N2O4. The lowest BCUT2D eigenvalue weighted by Gasteiger charge is -2.31. The first-order valence-electron chi connectivity index (χ1n) is 10.3. The van der Waals surface area contributed by atoms with Crippen LogP contribution in [0.1, 0.15) is 56.4 Å². The highest BCUT2D eigenvalue weighted by Crippen LogP contribution is 2.43. The molecule has 0 aliphatic carbocycles. The van der Waals surface area contributed by atoms with Gasteiger partial charge in [-0.15, -0.1) is 0 Å². The highest BCUT2D eigenvalue weighted by Gasteiger charge is 2.45. The minimum Gasteiger partial charge on any atom is -0.458 e. The summed E-state index contributed by atoms with van der Waals surface area (Å²) in [5.74, 6) is -0.707. The van der Waals surface area contributed by atoms with Crippen molar-refractivity contribution in [3.63, 3.8) is 0 Å². The Bertz CT molecular complexity index is 1300. The average Bonchev–Trinajstić information content (AvgIpc) is 3.06. The molecule has 1 N–H and O–H groups in total. The number of ether oxygens (including phenoxy) is 1. The molecule has 4 heterocycles. The molecule has 0 amide bonds. The van der Waals surface area contributed by atoms with Gasteiger partial charge in [-0.2, -0.15) is 0 Å². The van der Waals surface area contributed by atoms with Crippen LogP contribution in [0.25, 0.3) is 22.3 Å². The van der Waals surface area contributed by atoms with Gasteiger partial charge in [-0.3, -0.25) is 4.79 Å². The zero-order valence-corrected chi connectivity index (χ0v) is 17.6. The van der Waals surface area contributed by atoms with Gasteiger partial charge in [0.15, 0.2) is 5.60 Å².